The Bertz CT molecular complexity index is 1690. The molecule has 220 valence electrons. The first-order valence-electron chi connectivity index (χ1n) is 13.4. The van der Waals surface area contributed by atoms with E-state index in [1.54, 1.807) is 24.2 Å². The maximum absolute atomic E-state index is 6.67. The van der Waals surface area contributed by atoms with E-state index in [9.17, 15) is 0 Å². The largest absolute Gasteiger partial charge is 0.375 e. The number of pyridine rings is 2. The van der Waals surface area contributed by atoms with Gasteiger partial charge in [-0.1, -0.05) is 65.0 Å². The maximum Gasteiger partial charge on any atom is 0.184 e. The van der Waals surface area contributed by atoms with E-state index in [1.807, 2.05) is 66.2 Å². The Morgan fingerprint density at radius 3 is 2.70 bits per heavy atom. The Balaban J connectivity index is 1.26. The number of halogens is 1. The molecule has 0 amide bonds. The van der Waals surface area contributed by atoms with Crippen LogP contribution >= 0.6 is 34.7 Å². The highest BCUT2D eigenvalue weighted by molar-refractivity contribution is 8.00. The van der Waals surface area contributed by atoms with Crippen molar-refractivity contribution in [1.29, 1.82) is 0 Å². The molecule has 7 rings (SSSR count). The lowest BCUT2D eigenvalue weighted by atomic mass is 9.95. The highest BCUT2D eigenvalue weighted by Gasteiger charge is 2.52. The van der Waals surface area contributed by atoms with Gasteiger partial charge in [-0.05, 0) is 18.2 Å². The van der Waals surface area contributed by atoms with Gasteiger partial charge in [-0.25, -0.2) is 9.67 Å². The van der Waals surface area contributed by atoms with Gasteiger partial charge < -0.3 is 24.7 Å². The Hall–Kier alpha value is -3.43. The van der Waals surface area contributed by atoms with Crippen molar-refractivity contribution in [3.63, 3.8) is 0 Å². The third kappa shape index (κ3) is 5.77. The highest BCUT2D eigenvalue weighted by atomic mass is 35.5. The average Bonchev–Trinajstić information content (AvgIpc) is 3.70. The maximum atomic E-state index is 6.67. The number of hydrogen-bond donors (Lipinski definition) is 1. The van der Waals surface area contributed by atoms with Crippen LogP contribution in [0.3, 0.4) is 0 Å². The van der Waals surface area contributed by atoms with Crippen LogP contribution < -0.4 is 5.73 Å². The minimum Gasteiger partial charge on any atom is -0.375 e. The normalized spacial score (nSPS) is 25.3. The number of hydrogen-bond acceptors (Lipinski definition) is 12. The first-order valence-corrected chi connectivity index (χ1v) is 15.6. The van der Waals surface area contributed by atoms with Gasteiger partial charge in [0.1, 0.15) is 46.9 Å². The highest BCUT2D eigenvalue weighted by Crippen LogP contribution is 2.46. The van der Waals surface area contributed by atoms with Crippen molar-refractivity contribution < 1.29 is 18.9 Å². The van der Waals surface area contributed by atoms with Crippen molar-refractivity contribution in [3.05, 3.63) is 89.2 Å². The number of nitrogens with two attached hydrogens (primary N) is 1. The number of nitrogen functional groups attached to an aromatic ring is 1. The third-order valence-corrected chi connectivity index (χ3v) is 9.28. The van der Waals surface area contributed by atoms with E-state index in [0.717, 1.165) is 16.2 Å². The summed E-state index contributed by atoms with van der Waals surface area (Å²) in [5.41, 5.74) is 8.94. The molecule has 3 unspecified atom stereocenters. The van der Waals surface area contributed by atoms with E-state index in [0.29, 0.717) is 33.8 Å². The standard InChI is InChI=1S/C29H26ClN7O4S2/c1-38-26-24(37-13-19(35-36-37)20-15-42-29(31)34-20)25-21(14-39-27(41-25)16-7-3-2-4-8-16)40-28(26)43-22-11-17(30)12-33-23(22)18-9-5-6-10-32-18/h2-13,15,21,24-28H,14H2,1H3,(H2,31,34)/t21?,24-,25-,26?,27?,28+/m0/s1. The van der Waals surface area contributed by atoms with Gasteiger partial charge in [0.15, 0.2) is 11.4 Å². The second-order valence-corrected chi connectivity index (χ2v) is 12.4. The number of nitrogens with zero attached hydrogens (tertiary/aromatic N) is 6. The molecule has 0 saturated carbocycles. The molecule has 0 aliphatic carbocycles. The molecule has 14 heteroatoms. The Morgan fingerprint density at radius 1 is 1.07 bits per heavy atom. The molecule has 2 fully saturated rings. The molecule has 4 aromatic heterocycles. The molecule has 1 aromatic carbocycles. The number of thioether (sulfide) groups is 1. The van der Waals surface area contributed by atoms with Crippen molar-refractivity contribution >= 4 is 39.8 Å². The van der Waals surface area contributed by atoms with Crippen molar-refractivity contribution in [1.82, 2.24) is 29.9 Å². The minimum atomic E-state index is -0.579. The Labute approximate surface area is 260 Å². The van der Waals surface area contributed by atoms with Gasteiger partial charge in [-0.15, -0.1) is 16.4 Å². The second kappa shape index (κ2) is 12.3. The Morgan fingerprint density at radius 2 is 1.93 bits per heavy atom. The smallest absolute Gasteiger partial charge is 0.184 e. The van der Waals surface area contributed by atoms with Crippen LogP contribution in [0.2, 0.25) is 5.02 Å². The van der Waals surface area contributed by atoms with Crippen LogP contribution in [-0.2, 0) is 18.9 Å². The minimum absolute atomic E-state index is 0.305. The number of rotatable bonds is 7. The molecule has 11 nitrogen and oxygen atoms in total. The van der Waals surface area contributed by atoms with Gasteiger partial charge in [0.25, 0.3) is 0 Å². The van der Waals surface area contributed by atoms with Crippen molar-refractivity contribution in [2.75, 3.05) is 19.5 Å². The van der Waals surface area contributed by atoms with Gasteiger partial charge in [-0.2, -0.15) is 0 Å². The average molecular weight is 636 g/mol. The van der Waals surface area contributed by atoms with E-state index in [1.165, 1.54) is 23.1 Å². The molecule has 6 atom stereocenters. The molecule has 0 bridgehead atoms. The number of anilines is 1. The summed E-state index contributed by atoms with van der Waals surface area (Å²) in [6.07, 6.45) is 3.18. The molecule has 2 aliphatic rings. The molecule has 0 spiro atoms. The molecular formula is C29H26ClN7O4S2. The van der Waals surface area contributed by atoms with Crippen LogP contribution in [0, 0.1) is 0 Å². The molecule has 5 aromatic rings. The zero-order valence-corrected chi connectivity index (χ0v) is 25.2. The quantitative estimate of drug-likeness (QED) is 0.250. The van der Waals surface area contributed by atoms with Crippen LogP contribution in [-0.4, -0.2) is 67.4 Å². The van der Waals surface area contributed by atoms with Gasteiger partial charge in [0.2, 0.25) is 0 Å². The second-order valence-electron chi connectivity index (χ2n) is 9.90. The molecule has 0 radical (unpaired) electrons. The van der Waals surface area contributed by atoms with E-state index in [-0.39, 0.29) is 0 Å². The lowest BCUT2D eigenvalue weighted by molar-refractivity contribution is -0.308. The molecular weight excluding hydrogens is 610 g/mol. The van der Waals surface area contributed by atoms with E-state index >= 15 is 0 Å². The zero-order valence-electron chi connectivity index (χ0n) is 22.8. The fourth-order valence-electron chi connectivity index (χ4n) is 5.27. The summed E-state index contributed by atoms with van der Waals surface area (Å²) >= 11 is 9.22. The summed E-state index contributed by atoms with van der Waals surface area (Å²) < 4.78 is 27.4. The summed E-state index contributed by atoms with van der Waals surface area (Å²) in [7, 11) is 1.65. The summed E-state index contributed by atoms with van der Waals surface area (Å²) in [6.45, 7) is 0.305. The predicted octanol–water partition coefficient (Wildman–Crippen LogP) is 5.28. The monoisotopic (exact) mass is 635 g/mol. The summed E-state index contributed by atoms with van der Waals surface area (Å²) in [5, 5.41) is 11.7. The number of benzene rings is 1. The molecule has 2 N–H and O–H groups in total. The van der Waals surface area contributed by atoms with Crippen LogP contribution in [0.1, 0.15) is 17.9 Å². The molecule has 2 aliphatic heterocycles. The van der Waals surface area contributed by atoms with Crippen molar-refractivity contribution in [2.24, 2.45) is 0 Å². The fourth-order valence-corrected chi connectivity index (χ4v) is 7.37. The van der Waals surface area contributed by atoms with Crippen LogP contribution in [0.15, 0.2) is 83.5 Å². The number of methoxy groups -OCH3 is 1. The van der Waals surface area contributed by atoms with E-state index in [2.05, 4.69) is 25.3 Å². The van der Waals surface area contributed by atoms with Gasteiger partial charge in [0, 0.05) is 35.3 Å². The predicted molar refractivity (Wildman–Crippen MR) is 162 cm³/mol. The molecule has 6 heterocycles. The number of fused-ring (bicyclic) bond motifs is 1. The summed E-state index contributed by atoms with van der Waals surface area (Å²) in [6, 6.07) is 16.9. The van der Waals surface area contributed by atoms with Crippen LogP contribution in [0.25, 0.3) is 22.8 Å². The molecule has 43 heavy (non-hydrogen) atoms. The third-order valence-electron chi connectivity index (χ3n) is 7.22. The van der Waals surface area contributed by atoms with Gasteiger partial charge in [0.05, 0.1) is 23.5 Å². The van der Waals surface area contributed by atoms with E-state index in [4.69, 9.17) is 36.3 Å². The first kappa shape index (κ1) is 28.3. The Kier molecular flexibility index (Phi) is 8.10. The first-order chi connectivity index (χ1) is 21.1. The SMILES string of the molecule is COC1[C@@H](Sc2cc(Cl)cnc2-c2ccccn2)OC2COC(c3ccccc3)O[C@@H]2[C@@H]1n1cc(-c2csc(N)n2)nn1. The van der Waals surface area contributed by atoms with Crippen LogP contribution in [0.5, 0.6) is 0 Å². The van der Waals surface area contributed by atoms with Crippen molar-refractivity contribution in [2.45, 2.75) is 41.0 Å². The molecule has 2 saturated heterocycles. The summed E-state index contributed by atoms with van der Waals surface area (Å²) in [4.78, 5) is 14.3. The van der Waals surface area contributed by atoms with Gasteiger partial charge in [-0.3, -0.25) is 9.97 Å². The summed E-state index contributed by atoms with van der Waals surface area (Å²) in [5.74, 6) is 0. The van der Waals surface area contributed by atoms with Gasteiger partial charge >= 0.3 is 0 Å². The van der Waals surface area contributed by atoms with E-state index < -0.39 is 36.1 Å². The zero-order chi connectivity index (χ0) is 29.3. The lowest BCUT2D eigenvalue weighted by Crippen LogP contribution is -2.59. The lowest BCUT2D eigenvalue weighted by Gasteiger charge is -2.48. The van der Waals surface area contributed by atoms with Crippen LogP contribution in [0.4, 0.5) is 5.13 Å². The van der Waals surface area contributed by atoms with Crippen molar-refractivity contribution in [3.8, 4) is 22.8 Å². The number of ether oxygens (including phenoxy) is 4. The number of aromatic nitrogens is 6. The fraction of sp³-hybridized carbons (Fsp3) is 0.276. The number of thiazole rings is 1. The topological polar surface area (TPSA) is 132 Å².